The first-order chi connectivity index (χ1) is 9.91. The third kappa shape index (κ3) is 42.8. The summed E-state index contributed by atoms with van der Waals surface area (Å²) in [6.07, 6.45) is 19.8. The molecule has 0 aromatic carbocycles. The summed E-state index contributed by atoms with van der Waals surface area (Å²) in [6.45, 7) is 6.16. The fourth-order valence-corrected chi connectivity index (χ4v) is 2.19. The molecule has 0 atom stereocenters. The largest absolute Gasteiger partial charge is 1.00 e. The zero-order valence-electron chi connectivity index (χ0n) is 14.7. The molecule has 0 fully saturated rings. The monoisotopic (exact) mass is 330 g/mol. The molecule has 6 heteroatoms. The van der Waals surface area contributed by atoms with Gasteiger partial charge in [-0.05, 0) is 0 Å². The van der Waals surface area contributed by atoms with Crippen LogP contribution in [0.2, 0.25) is 0 Å². The summed E-state index contributed by atoms with van der Waals surface area (Å²) < 4.78 is 31.6. The summed E-state index contributed by atoms with van der Waals surface area (Å²) >= 11 is 0. The van der Waals surface area contributed by atoms with Gasteiger partial charge in [-0.2, -0.15) is 14.8 Å². The van der Waals surface area contributed by atoms with Crippen molar-refractivity contribution in [3.05, 3.63) is 6.92 Å². The van der Waals surface area contributed by atoms with Gasteiger partial charge in [0.05, 0.1) is 0 Å². The van der Waals surface area contributed by atoms with Crippen LogP contribution in [0.25, 0.3) is 0 Å². The Balaban J connectivity index is -0.000000520. The SMILES string of the molecule is O=S(=O)(O)O.[CH2-]CCCCCCCCCCCCCCC.[Li+]. The normalized spacial score (nSPS) is 10.5. The van der Waals surface area contributed by atoms with Crippen LogP contribution in [0.1, 0.15) is 96.8 Å². The van der Waals surface area contributed by atoms with Crippen LogP contribution in [0.5, 0.6) is 0 Å². The van der Waals surface area contributed by atoms with Crippen molar-refractivity contribution in [2.45, 2.75) is 96.8 Å². The molecular weight excluding hydrogens is 295 g/mol. The van der Waals surface area contributed by atoms with Crippen molar-refractivity contribution in [1.82, 2.24) is 0 Å². The Hall–Kier alpha value is 0.467. The van der Waals surface area contributed by atoms with Gasteiger partial charge in [-0.25, -0.2) is 0 Å². The van der Waals surface area contributed by atoms with Crippen LogP contribution in [-0.4, -0.2) is 17.5 Å². The summed E-state index contributed by atoms with van der Waals surface area (Å²) in [7, 11) is -4.67. The van der Waals surface area contributed by atoms with Gasteiger partial charge in [-0.15, -0.1) is 0 Å². The Labute approximate surface area is 150 Å². The molecule has 2 N–H and O–H groups in total. The van der Waals surface area contributed by atoms with Crippen LogP contribution in [0.15, 0.2) is 0 Å². The van der Waals surface area contributed by atoms with Crippen LogP contribution < -0.4 is 18.9 Å². The van der Waals surface area contributed by atoms with E-state index in [4.69, 9.17) is 17.5 Å². The zero-order chi connectivity index (χ0) is 16.4. The molecule has 0 amide bonds. The Morgan fingerprint density at radius 3 is 1.14 bits per heavy atom. The number of hydrogen-bond acceptors (Lipinski definition) is 2. The van der Waals surface area contributed by atoms with Crippen molar-refractivity contribution < 1.29 is 36.4 Å². The molecule has 0 aliphatic heterocycles. The van der Waals surface area contributed by atoms with Crippen LogP contribution in [0.3, 0.4) is 0 Å². The van der Waals surface area contributed by atoms with Gasteiger partial charge in [0.1, 0.15) is 0 Å². The molecule has 0 aliphatic carbocycles. The maximum absolute atomic E-state index is 8.74. The average molecular weight is 330 g/mol. The molecule has 0 rings (SSSR count). The molecule has 0 radical (unpaired) electrons. The molecule has 4 nitrogen and oxygen atoms in total. The van der Waals surface area contributed by atoms with E-state index in [0.717, 1.165) is 6.42 Å². The van der Waals surface area contributed by atoms with Crippen molar-refractivity contribution in [3.8, 4) is 0 Å². The minimum Gasteiger partial charge on any atom is -0.343 e. The standard InChI is InChI=1S/C16H33.Li.H2O4S/c1-3-5-7-9-11-13-15-16-14-12-10-8-6-4-2;;1-5(2,3)4/h1,3-16H2,2H3;;(H2,1,2,3,4)/q-1;+1;. The molecule has 0 aromatic heterocycles. The first kappa shape index (κ1) is 27.3. The predicted octanol–water partition coefficient (Wildman–Crippen LogP) is 2.65. The molecule has 0 saturated carbocycles. The summed E-state index contributed by atoms with van der Waals surface area (Å²) in [5.74, 6) is 0. The van der Waals surface area contributed by atoms with Gasteiger partial charge in [-0.3, -0.25) is 9.11 Å². The molecule has 0 heterocycles. The number of rotatable bonds is 13. The second-order valence-electron chi connectivity index (χ2n) is 5.54. The minimum atomic E-state index is -4.67. The Morgan fingerprint density at radius 1 is 0.682 bits per heavy atom. The van der Waals surface area contributed by atoms with E-state index in [9.17, 15) is 0 Å². The molecule has 0 spiro atoms. The van der Waals surface area contributed by atoms with E-state index in [0.29, 0.717) is 0 Å². The van der Waals surface area contributed by atoms with Crippen molar-refractivity contribution in [3.63, 3.8) is 0 Å². The Bertz CT molecular complexity index is 260. The second-order valence-corrected chi connectivity index (χ2v) is 6.44. The Morgan fingerprint density at radius 2 is 0.909 bits per heavy atom. The Kier molecular flexibility index (Phi) is 26.7. The van der Waals surface area contributed by atoms with Gasteiger partial charge in [0.2, 0.25) is 0 Å². The maximum atomic E-state index is 8.74. The molecular formula is C16H35LiO4S. The minimum absolute atomic E-state index is 0. The van der Waals surface area contributed by atoms with E-state index in [1.807, 2.05) is 0 Å². The summed E-state index contributed by atoms with van der Waals surface area (Å²) in [5, 5.41) is 0. The molecule has 22 heavy (non-hydrogen) atoms. The van der Waals surface area contributed by atoms with Gasteiger partial charge in [0.15, 0.2) is 0 Å². The van der Waals surface area contributed by atoms with Crippen molar-refractivity contribution in [2.75, 3.05) is 0 Å². The molecule has 130 valence electrons. The van der Waals surface area contributed by atoms with E-state index in [1.165, 1.54) is 83.5 Å². The second kappa shape index (κ2) is 21.5. The maximum Gasteiger partial charge on any atom is 1.00 e. The van der Waals surface area contributed by atoms with Crippen LogP contribution in [-0.2, 0) is 10.4 Å². The number of hydrogen-bond donors (Lipinski definition) is 2. The van der Waals surface area contributed by atoms with Crippen molar-refractivity contribution in [1.29, 1.82) is 0 Å². The van der Waals surface area contributed by atoms with Gasteiger partial charge >= 0.3 is 29.3 Å². The fraction of sp³-hybridized carbons (Fsp3) is 0.938. The van der Waals surface area contributed by atoms with E-state index < -0.39 is 10.4 Å². The smallest absolute Gasteiger partial charge is 0.343 e. The average Bonchev–Trinajstić information content (AvgIpc) is 2.38. The third-order valence-electron chi connectivity index (χ3n) is 3.35. The predicted molar refractivity (Wildman–Crippen MR) is 89.8 cm³/mol. The van der Waals surface area contributed by atoms with Crippen molar-refractivity contribution >= 4 is 10.4 Å². The quantitative estimate of drug-likeness (QED) is 0.236. The van der Waals surface area contributed by atoms with Gasteiger partial charge in [0.25, 0.3) is 0 Å². The number of unbranched alkanes of at least 4 members (excludes halogenated alkanes) is 13. The zero-order valence-corrected chi connectivity index (χ0v) is 15.5. The van der Waals surface area contributed by atoms with Gasteiger partial charge in [0, 0.05) is 0 Å². The first-order valence-electron chi connectivity index (χ1n) is 8.41. The van der Waals surface area contributed by atoms with E-state index in [2.05, 4.69) is 13.8 Å². The van der Waals surface area contributed by atoms with Crippen LogP contribution in [0.4, 0.5) is 0 Å². The van der Waals surface area contributed by atoms with Crippen molar-refractivity contribution in [2.24, 2.45) is 0 Å². The molecule has 0 unspecified atom stereocenters. The van der Waals surface area contributed by atoms with Crippen LogP contribution in [0, 0.1) is 6.92 Å². The summed E-state index contributed by atoms with van der Waals surface area (Å²) in [4.78, 5) is 0. The van der Waals surface area contributed by atoms with Gasteiger partial charge < -0.3 is 6.92 Å². The summed E-state index contributed by atoms with van der Waals surface area (Å²) in [6, 6.07) is 0. The first-order valence-corrected chi connectivity index (χ1v) is 9.80. The molecule has 0 aromatic rings. The molecule has 0 bridgehead atoms. The van der Waals surface area contributed by atoms with E-state index in [1.54, 1.807) is 0 Å². The third-order valence-corrected chi connectivity index (χ3v) is 3.35. The molecule has 0 saturated heterocycles. The van der Waals surface area contributed by atoms with Gasteiger partial charge in [-0.1, -0.05) is 90.4 Å². The molecule has 0 aliphatic rings. The topological polar surface area (TPSA) is 74.6 Å². The summed E-state index contributed by atoms with van der Waals surface area (Å²) in [5.41, 5.74) is 0. The van der Waals surface area contributed by atoms with Crippen LogP contribution >= 0.6 is 0 Å². The van der Waals surface area contributed by atoms with E-state index in [-0.39, 0.29) is 18.9 Å². The fourth-order valence-electron chi connectivity index (χ4n) is 2.19. The van der Waals surface area contributed by atoms with E-state index >= 15 is 0 Å².